The van der Waals surface area contributed by atoms with Crippen molar-refractivity contribution in [3.63, 3.8) is 0 Å². The Morgan fingerprint density at radius 1 is 1.54 bits per heavy atom. The highest BCUT2D eigenvalue weighted by atomic mass is 32.2. The average molecular weight is 212 g/mol. The van der Waals surface area contributed by atoms with E-state index >= 15 is 0 Å². The van der Waals surface area contributed by atoms with Gasteiger partial charge in [0, 0.05) is 7.11 Å². The molecular weight excluding hydrogens is 200 g/mol. The van der Waals surface area contributed by atoms with Crippen molar-refractivity contribution < 1.29 is 27.2 Å². The molecular formula is C6H12O6S. The molecule has 7 heteroatoms. The topological polar surface area (TPSA) is 89.9 Å². The van der Waals surface area contributed by atoms with Gasteiger partial charge in [0.2, 0.25) is 0 Å². The van der Waals surface area contributed by atoms with Crippen molar-refractivity contribution in [1.29, 1.82) is 0 Å². The van der Waals surface area contributed by atoms with Crippen molar-refractivity contribution in [3.05, 3.63) is 0 Å². The molecule has 0 bridgehead atoms. The monoisotopic (exact) mass is 212 g/mol. The fourth-order valence-corrected chi connectivity index (χ4v) is 1.04. The molecule has 1 unspecified atom stereocenters. The Bertz CT molecular complexity index is 281. The van der Waals surface area contributed by atoms with Crippen molar-refractivity contribution in [1.82, 2.24) is 0 Å². The second-order valence-corrected chi connectivity index (χ2v) is 4.07. The summed E-state index contributed by atoms with van der Waals surface area (Å²) in [5.74, 6) is -1.14. The summed E-state index contributed by atoms with van der Waals surface area (Å²) in [5, 5.41) is 0. The summed E-state index contributed by atoms with van der Waals surface area (Å²) in [7, 11) is -3.64. The number of rotatable bonds is 4. The molecule has 0 saturated heterocycles. The van der Waals surface area contributed by atoms with E-state index in [9.17, 15) is 13.2 Å². The average Bonchev–Trinajstić information content (AvgIpc) is 2.01. The minimum Gasteiger partial charge on any atom is -0.463 e. The Morgan fingerprint density at radius 2 is 2.00 bits per heavy atom. The van der Waals surface area contributed by atoms with Crippen molar-refractivity contribution in [3.8, 4) is 0 Å². The van der Waals surface area contributed by atoms with E-state index in [4.69, 9.17) is 4.55 Å². The van der Waals surface area contributed by atoms with E-state index in [2.05, 4.69) is 9.47 Å². The van der Waals surface area contributed by atoms with Gasteiger partial charge in [-0.25, -0.2) is 4.79 Å². The molecule has 0 aromatic carbocycles. The maximum atomic E-state index is 11.1. The summed E-state index contributed by atoms with van der Waals surface area (Å²) in [6.07, 6.45) is 0. The zero-order valence-corrected chi connectivity index (χ0v) is 8.42. The lowest BCUT2D eigenvalue weighted by Crippen LogP contribution is -2.46. The number of ether oxygens (including phenoxy) is 2. The first kappa shape index (κ1) is 12.3. The molecule has 0 heterocycles. The number of esters is 1. The zero-order valence-electron chi connectivity index (χ0n) is 7.60. The summed E-state index contributed by atoms with van der Waals surface area (Å²) in [4.78, 5) is 8.71. The molecule has 0 aromatic heterocycles. The van der Waals surface area contributed by atoms with Crippen LogP contribution in [0.1, 0.15) is 13.8 Å². The van der Waals surface area contributed by atoms with Crippen molar-refractivity contribution in [2.75, 3.05) is 13.7 Å². The smallest absolute Gasteiger partial charge is 0.356 e. The van der Waals surface area contributed by atoms with Gasteiger partial charge in [-0.1, -0.05) is 0 Å². The van der Waals surface area contributed by atoms with E-state index in [1.54, 1.807) is 0 Å². The fraction of sp³-hybridized carbons (Fsp3) is 0.833. The van der Waals surface area contributed by atoms with E-state index in [0.29, 0.717) is 0 Å². The van der Waals surface area contributed by atoms with Crippen LogP contribution in [0.3, 0.4) is 0 Å². The van der Waals surface area contributed by atoms with Gasteiger partial charge in [0.15, 0.2) is 0 Å². The number of methoxy groups -OCH3 is 1. The van der Waals surface area contributed by atoms with Gasteiger partial charge in [-0.3, -0.25) is 4.55 Å². The third-order valence-corrected chi connectivity index (χ3v) is 2.85. The quantitative estimate of drug-likeness (QED) is 0.512. The third kappa shape index (κ3) is 2.39. The van der Waals surface area contributed by atoms with Gasteiger partial charge in [-0.15, -0.1) is 0 Å². The minimum absolute atomic E-state index is 0.00725. The van der Waals surface area contributed by atoms with Crippen LogP contribution in [0.4, 0.5) is 0 Å². The lowest BCUT2D eigenvalue weighted by Gasteiger charge is -2.21. The highest BCUT2D eigenvalue weighted by Gasteiger charge is 2.47. The van der Waals surface area contributed by atoms with Gasteiger partial charge < -0.3 is 9.47 Å². The van der Waals surface area contributed by atoms with Crippen LogP contribution in [0.15, 0.2) is 0 Å². The lowest BCUT2D eigenvalue weighted by molar-refractivity contribution is -0.157. The Kier molecular flexibility index (Phi) is 3.83. The summed E-state index contributed by atoms with van der Waals surface area (Å²) in [5.41, 5.74) is 0. The van der Waals surface area contributed by atoms with Crippen LogP contribution < -0.4 is 0 Å². The number of carbonyl (C=O) groups is 1. The first-order valence-corrected chi connectivity index (χ1v) is 4.93. The van der Waals surface area contributed by atoms with Gasteiger partial charge in [0.25, 0.3) is 4.93 Å². The first-order valence-electron chi connectivity index (χ1n) is 3.49. The number of carbonyl (C=O) groups excluding carboxylic acids is 1. The molecule has 0 aromatic rings. The van der Waals surface area contributed by atoms with Gasteiger partial charge in [-0.2, -0.15) is 8.42 Å². The molecule has 13 heavy (non-hydrogen) atoms. The Hall–Kier alpha value is -0.660. The van der Waals surface area contributed by atoms with E-state index in [1.807, 2.05) is 0 Å². The maximum absolute atomic E-state index is 11.1. The fourth-order valence-electron chi connectivity index (χ4n) is 0.556. The SMILES string of the molecule is CCOC(=O)C(C)(OC)S(=O)(=O)O. The van der Waals surface area contributed by atoms with Crippen LogP contribution in [0.25, 0.3) is 0 Å². The van der Waals surface area contributed by atoms with E-state index in [1.165, 1.54) is 6.92 Å². The molecule has 0 aliphatic heterocycles. The molecule has 6 nitrogen and oxygen atoms in total. The normalized spacial score (nSPS) is 16.3. The molecule has 1 N–H and O–H groups in total. The third-order valence-electron chi connectivity index (χ3n) is 1.53. The lowest BCUT2D eigenvalue weighted by atomic mass is 10.4. The summed E-state index contributed by atoms with van der Waals surface area (Å²) >= 11 is 0. The molecule has 0 fully saturated rings. The number of hydrogen-bond acceptors (Lipinski definition) is 5. The van der Waals surface area contributed by atoms with Crippen LogP contribution in [0.2, 0.25) is 0 Å². The Balaban J connectivity index is 4.96. The van der Waals surface area contributed by atoms with Crippen molar-refractivity contribution >= 4 is 16.1 Å². The van der Waals surface area contributed by atoms with E-state index in [0.717, 1.165) is 14.0 Å². The zero-order chi connectivity index (χ0) is 10.7. The highest BCUT2D eigenvalue weighted by Crippen LogP contribution is 2.18. The Morgan fingerprint density at radius 3 is 2.23 bits per heavy atom. The maximum Gasteiger partial charge on any atom is 0.356 e. The molecule has 78 valence electrons. The van der Waals surface area contributed by atoms with Crippen LogP contribution in [0, 0.1) is 0 Å². The summed E-state index contributed by atoms with van der Waals surface area (Å²) in [6.45, 7) is 2.44. The van der Waals surface area contributed by atoms with Crippen LogP contribution >= 0.6 is 0 Å². The van der Waals surface area contributed by atoms with Crippen molar-refractivity contribution in [2.24, 2.45) is 0 Å². The Labute approximate surface area is 76.6 Å². The largest absolute Gasteiger partial charge is 0.463 e. The minimum atomic E-state index is -4.63. The molecule has 1 atom stereocenters. The molecule has 0 aliphatic rings. The summed E-state index contributed by atoms with van der Waals surface area (Å²) < 4.78 is 39.0. The second-order valence-electron chi connectivity index (χ2n) is 2.35. The van der Waals surface area contributed by atoms with E-state index < -0.39 is 21.0 Å². The van der Waals surface area contributed by atoms with Gasteiger partial charge >= 0.3 is 16.1 Å². The van der Waals surface area contributed by atoms with Gasteiger partial charge in [0.05, 0.1) is 6.61 Å². The van der Waals surface area contributed by atoms with Crippen molar-refractivity contribution in [2.45, 2.75) is 18.8 Å². The highest BCUT2D eigenvalue weighted by molar-refractivity contribution is 7.87. The predicted octanol–water partition coefficient (Wildman–Crippen LogP) is -0.200. The summed E-state index contributed by atoms with van der Waals surface area (Å²) in [6, 6.07) is 0. The standard InChI is InChI=1S/C6H12O6S/c1-4-12-5(7)6(2,11-3)13(8,9)10/h4H2,1-3H3,(H,8,9,10). The molecule has 0 saturated carbocycles. The molecule has 0 amide bonds. The van der Waals surface area contributed by atoms with Crippen LogP contribution in [0.5, 0.6) is 0 Å². The molecule has 0 spiro atoms. The second kappa shape index (κ2) is 4.03. The van der Waals surface area contributed by atoms with Crippen LogP contribution in [-0.2, 0) is 24.4 Å². The number of hydrogen-bond donors (Lipinski definition) is 1. The van der Waals surface area contributed by atoms with Crippen LogP contribution in [-0.4, -0.2) is 37.6 Å². The van der Waals surface area contributed by atoms with E-state index in [-0.39, 0.29) is 6.61 Å². The first-order chi connectivity index (χ1) is 5.79. The predicted molar refractivity (Wildman–Crippen MR) is 43.6 cm³/mol. The molecule has 0 aliphatic carbocycles. The van der Waals surface area contributed by atoms with Gasteiger partial charge in [0.1, 0.15) is 0 Å². The molecule has 0 radical (unpaired) electrons. The van der Waals surface area contributed by atoms with Gasteiger partial charge in [-0.05, 0) is 13.8 Å². The molecule has 0 rings (SSSR count).